The summed E-state index contributed by atoms with van der Waals surface area (Å²) in [6.45, 7) is 14.2. The van der Waals surface area contributed by atoms with Gasteiger partial charge < -0.3 is 16.0 Å². The zero-order chi connectivity index (χ0) is 16.4. The molecule has 0 heterocycles. The Labute approximate surface area is 158 Å². The summed E-state index contributed by atoms with van der Waals surface area (Å²) in [7, 11) is 0. The van der Waals surface area contributed by atoms with Gasteiger partial charge in [-0.15, -0.1) is 24.0 Å². The third kappa shape index (κ3) is 9.81. The van der Waals surface area contributed by atoms with Crippen LogP contribution in [0.3, 0.4) is 0 Å². The summed E-state index contributed by atoms with van der Waals surface area (Å²) in [4.78, 5) is 4.69. The zero-order valence-electron chi connectivity index (χ0n) is 15.2. The Balaban J connectivity index is 0.00000484. The maximum atomic E-state index is 4.69. The minimum Gasteiger partial charge on any atom is -0.357 e. The molecular formula is C18H33IN4. The van der Waals surface area contributed by atoms with Gasteiger partial charge in [-0.25, -0.2) is 4.99 Å². The maximum Gasteiger partial charge on any atom is 0.191 e. The summed E-state index contributed by atoms with van der Waals surface area (Å²) in [6, 6.07) is 8.51. The molecule has 0 bridgehead atoms. The van der Waals surface area contributed by atoms with Crippen molar-refractivity contribution >= 4 is 29.9 Å². The Bertz CT molecular complexity index is 466. The first kappa shape index (κ1) is 22.2. The van der Waals surface area contributed by atoms with Crippen molar-refractivity contribution in [3.8, 4) is 0 Å². The van der Waals surface area contributed by atoms with Crippen LogP contribution in [0, 0.1) is 0 Å². The summed E-state index contributed by atoms with van der Waals surface area (Å²) in [5, 5.41) is 10.1. The van der Waals surface area contributed by atoms with Gasteiger partial charge in [0.05, 0.1) is 6.54 Å². The van der Waals surface area contributed by atoms with Crippen LogP contribution in [0.25, 0.3) is 0 Å². The Hall–Kier alpha value is -0.820. The van der Waals surface area contributed by atoms with Crippen LogP contribution in [0.1, 0.15) is 45.7 Å². The van der Waals surface area contributed by atoms with E-state index in [0.717, 1.165) is 32.0 Å². The molecule has 0 aromatic heterocycles. The molecule has 5 heteroatoms. The number of halogens is 1. The molecule has 1 aromatic carbocycles. The second kappa shape index (κ2) is 11.7. The first-order chi connectivity index (χ1) is 10.5. The molecule has 0 aliphatic carbocycles. The summed E-state index contributed by atoms with van der Waals surface area (Å²) in [5.41, 5.74) is 2.82. The molecule has 0 amide bonds. The standard InChI is InChI=1S/C18H32N4.HI/c1-6-15-10-8-9-11-16(15)14-21-17(19-7-2)20-12-13-22-18(3,4)5;/h8-11,22H,6-7,12-14H2,1-5H3,(H2,19,20,21);1H. The molecule has 4 nitrogen and oxygen atoms in total. The molecule has 23 heavy (non-hydrogen) atoms. The fraction of sp³-hybridized carbons (Fsp3) is 0.611. The molecule has 3 N–H and O–H groups in total. The van der Waals surface area contributed by atoms with Crippen molar-refractivity contribution in [2.75, 3.05) is 19.6 Å². The van der Waals surface area contributed by atoms with E-state index in [1.807, 2.05) is 0 Å². The second-order valence-electron chi connectivity index (χ2n) is 6.42. The Morgan fingerprint density at radius 3 is 2.22 bits per heavy atom. The van der Waals surface area contributed by atoms with Gasteiger partial charge in [0, 0.05) is 25.2 Å². The number of nitrogens with one attached hydrogen (secondary N) is 3. The number of hydrogen-bond donors (Lipinski definition) is 3. The van der Waals surface area contributed by atoms with Crippen LogP contribution in [-0.2, 0) is 13.0 Å². The fourth-order valence-electron chi connectivity index (χ4n) is 2.18. The number of hydrogen-bond acceptors (Lipinski definition) is 2. The molecule has 0 fully saturated rings. The molecule has 0 radical (unpaired) electrons. The van der Waals surface area contributed by atoms with Gasteiger partial charge in [-0.05, 0) is 45.2 Å². The van der Waals surface area contributed by atoms with Crippen molar-refractivity contribution in [1.82, 2.24) is 16.0 Å². The lowest BCUT2D eigenvalue weighted by atomic mass is 10.1. The minimum absolute atomic E-state index is 0. The number of rotatable bonds is 7. The highest BCUT2D eigenvalue weighted by Crippen LogP contribution is 2.10. The molecule has 0 spiro atoms. The summed E-state index contributed by atoms with van der Waals surface area (Å²) in [6.07, 6.45) is 1.05. The third-order valence-corrected chi connectivity index (χ3v) is 3.32. The zero-order valence-corrected chi connectivity index (χ0v) is 17.5. The van der Waals surface area contributed by atoms with E-state index in [4.69, 9.17) is 4.99 Å². The first-order valence-corrected chi connectivity index (χ1v) is 8.30. The number of nitrogens with zero attached hydrogens (tertiary/aromatic N) is 1. The molecule has 132 valence electrons. The molecule has 0 saturated carbocycles. The van der Waals surface area contributed by atoms with Gasteiger partial charge in [-0.2, -0.15) is 0 Å². The molecule has 0 aliphatic rings. The van der Waals surface area contributed by atoms with Crippen molar-refractivity contribution in [2.24, 2.45) is 4.99 Å². The Kier molecular flexibility index (Phi) is 11.3. The largest absolute Gasteiger partial charge is 0.357 e. The number of aliphatic imine (C=N–C) groups is 1. The van der Waals surface area contributed by atoms with E-state index in [-0.39, 0.29) is 29.5 Å². The highest BCUT2D eigenvalue weighted by molar-refractivity contribution is 14.0. The normalized spacial score (nSPS) is 11.8. The minimum atomic E-state index is 0. The van der Waals surface area contributed by atoms with E-state index in [9.17, 15) is 0 Å². The molecular weight excluding hydrogens is 399 g/mol. The lowest BCUT2D eigenvalue weighted by Crippen LogP contribution is -2.44. The summed E-state index contributed by atoms with van der Waals surface area (Å²) < 4.78 is 0. The van der Waals surface area contributed by atoms with Crippen molar-refractivity contribution in [1.29, 1.82) is 0 Å². The molecule has 0 aliphatic heterocycles. The van der Waals surface area contributed by atoms with E-state index in [1.165, 1.54) is 11.1 Å². The monoisotopic (exact) mass is 432 g/mol. The van der Waals surface area contributed by atoms with Crippen LogP contribution in [0.15, 0.2) is 29.3 Å². The van der Waals surface area contributed by atoms with Crippen molar-refractivity contribution in [2.45, 2.75) is 53.1 Å². The van der Waals surface area contributed by atoms with Gasteiger partial charge in [0.25, 0.3) is 0 Å². The highest BCUT2D eigenvalue weighted by Gasteiger charge is 2.07. The van der Waals surface area contributed by atoms with Crippen molar-refractivity contribution in [3.63, 3.8) is 0 Å². The predicted molar refractivity (Wildman–Crippen MR) is 112 cm³/mol. The van der Waals surface area contributed by atoms with Crippen LogP contribution in [0.5, 0.6) is 0 Å². The van der Waals surface area contributed by atoms with E-state index in [1.54, 1.807) is 0 Å². The van der Waals surface area contributed by atoms with Crippen LogP contribution < -0.4 is 16.0 Å². The van der Waals surface area contributed by atoms with Crippen LogP contribution in [-0.4, -0.2) is 31.1 Å². The number of benzene rings is 1. The Morgan fingerprint density at radius 1 is 1.00 bits per heavy atom. The molecule has 1 rings (SSSR count). The SMILES string of the molecule is CCNC(=NCc1ccccc1CC)NCCNC(C)(C)C.I. The van der Waals surface area contributed by atoms with Crippen LogP contribution in [0.2, 0.25) is 0 Å². The van der Waals surface area contributed by atoms with E-state index < -0.39 is 0 Å². The second-order valence-corrected chi connectivity index (χ2v) is 6.42. The van der Waals surface area contributed by atoms with Gasteiger partial charge in [-0.1, -0.05) is 31.2 Å². The van der Waals surface area contributed by atoms with Gasteiger partial charge >= 0.3 is 0 Å². The quantitative estimate of drug-likeness (QED) is 0.268. The maximum absolute atomic E-state index is 4.69. The lowest BCUT2D eigenvalue weighted by Gasteiger charge is -2.21. The van der Waals surface area contributed by atoms with Gasteiger partial charge in [0.2, 0.25) is 0 Å². The average molecular weight is 432 g/mol. The number of guanidine groups is 1. The lowest BCUT2D eigenvalue weighted by molar-refractivity contribution is 0.428. The predicted octanol–water partition coefficient (Wildman–Crippen LogP) is 3.31. The summed E-state index contributed by atoms with van der Waals surface area (Å²) >= 11 is 0. The highest BCUT2D eigenvalue weighted by atomic mass is 127. The van der Waals surface area contributed by atoms with Crippen LogP contribution in [0.4, 0.5) is 0 Å². The van der Waals surface area contributed by atoms with Gasteiger partial charge in [0.1, 0.15) is 0 Å². The average Bonchev–Trinajstić information content (AvgIpc) is 2.48. The van der Waals surface area contributed by atoms with E-state index in [0.29, 0.717) is 6.54 Å². The van der Waals surface area contributed by atoms with Crippen molar-refractivity contribution in [3.05, 3.63) is 35.4 Å². The Morgan fingerprint density at radius 2 is 1.65 bits per heavy atom. The number of aryl methyl sites for hydroxylation is 1. The van der Waals surface area contributed by atoms with Gasteiger partial charge in [-0.3, -0.25) is 0 Å². The molecule has 1 aromatic rings. The topological polar surface area (TPSA) is 48.5 Å². The van der Waals surface area contributed by atoms with E-state index in [2.05, 4.69) is 74.8 Å². The van der Waals surface area contributed by atoms with E-state index >= 15 is 0 Å². The molecule has 0 atom stereocenters. The first-order valence-electron chi connectivity index (χ1n) is 8.30. The van der Waals surface area contributed by atoms with Crippen LogP contribution >= 0.6 is 24.0 Å². The smallest absolute Gasteiger partial charge is 0.191 e. The van der Waals surface area contributed by atoms with Crippen molar-refractivity contribution < 1.29 is 0 Å². The van der Waals surface area contributed by atoms with Gasteiger partial charge in [0.15, 0.2) is 5.96 Å². The fourth-order valence-corrected chi connectivity index (χ4v) is 2.18. The third-order valence-electron chi connectivity index (χ3n) is 3.32. The molecule has 0 unspecified atom stereocenters. The summed E-state index contributed by atoms with van der Waals surface area (Å²) in [5.74, 6) is 0.879. The molecule has 0 saturated heterocycles.